The lowest BCUT2D eigenvalue weighted by atomic mass is 10.1. The van der Waals surface area contributed by atoms with Gasteiger partial charge in [0.05, 0.1) is 13.7 Å². The second-order valence-corrected chi connectivity index (χ2v) is 5.56. The van der Waals surface area contributed by atoms with E-state index in [0.717, 1.165) is 23.8 Å². The summed E-state index contributed by atoms with van der Waals surface area (Å²) in [5.41, 5.74) is 2.46. The zero-order chi connectivity index (χ0) is 13.4. The summed E-state index contributed by atoms with van der Waals surface area (Å²) in [6.07, 6.45) is 0. The number of hydrogen-bond donors (Lipinski definition) is 2. The van der Waals surface area contributed by atoms with E-state index in [0.29, 0.717) is 6.04 Å². The molecule has 0 saturated carbocycles. The lowest BCUT2D eigenvalue weighted by Gasteiger charge is -2.12. The van der Waals surface area contributed by atoms with Crippen LogP contribution in [0.2, 0.25) is 0 Å². The molecule has 1 rings (SSSR count). The summed E-state index contributed by atoms with van der Waals surface area (Å²) in [4.78, 5) is 0. The molecule has 18 heavy (non-hydrogen) atoms. The van der Waals surface area contributed by atoms with Crippen molar-refractivity contribution in [3.8, 4) is 5.75 Å². The Kier molecular flexibility index (Phi) is 7.16. The van der Waals surface area contributed by atoms with Gasteiger partial charge in [-0.1, -0.05) is 19.9 Å². The van der Waals surface area contributed by atoms with E-state index >= 15 is 0 Å². The number of nitrogens with one attached hydrogen (secondary N) is 1. The maximum absolute atomic E-state index is 8.81. The standard InChI is InChI=1S/C14H23NO2S/c1-11(2)15-9-12-4-5-14(17-3)13(8-12)10-18-7-6-16/h4-5,8,11,15-16H,6-7,9-10H2,1-3H3. The van der Waals surface area contributed by atoms with Gasteiger partial charge in [0.2, 0.25) is 0 Å². The minimum atomic E-state index is 0.224. The Bertz CT molecular complexity index is 356. The van der Waals surface area contributed by atoms with E-state index in [1.54, 1.807) is 18.9 Å². The van der Waals surface area contributed by atoms with Crippen LogP contribution >= 0.6 is 11.8 Å². The monoisotopic (exact) mass is 269 g/mol. The number of aliphatic hydroxyl groups is 1. The molecule has 0 aromatic heterocycles. The molecule has 0 atom stereocenters. The van der Waals surface area contributed by atoms with E-state index in [1.165, 1.54) is 11.1 Å². The molecule has 4 heteroatoms. The van der Waals surface area contributed by atoms with Gasteiger partial charge >= 0.3 is 0 Å². The van der Waals surface area contributed by atoms with E-state index in [9.17, 15) is 0 Å². The zero-order valence-electron chi connectivity index (χ0n) is 11.4. The van der Waals surface area contributed by atoms with Gasteiger partial charge in [-0.15, -0.1) is 0 Å². The highest BCUT2D eigenvalue weighted by atomic mass is 32.2. The highest BCUT2D eigenvalue weighted by molar-refractivity contribution is 7.98. The van der Waals surface area contributed by atoms with Crippen LogP contribution in [0.15, 0.2) is 18.2 Å². The van der Waals surface area contributed by atoms with Crippen LogP contribution in [-0.4, -0.2) is 30.6 Å². The molecule has 2 N–H and O–H groups in total. The van der Waals surface area contributed by atoms with Crippen LogP contribution in [0.3, 0.4) is 0 Å². The smallest absolute Gasteiger partial charge is 0.122 e. The first-order chi connectivity index (χ1) is 8.67. The molecule has 0 aliphatic heterocycles. The van der Waals surface area contributed by atoms with Gasteiger partial charge in [-0.3, -0.25) is 0 Å². The lowest BCUT2D eigenvalue weighted by molar-refractivity contribution is 0.322. The normalized spacial score (nSPS) is 10.9. The lowest BCUT2D eigenvalue weighted by Crippen LogP contribution is -2.21. The summed E-state index contributed by atoms with van der Waals surface area (Å²) in [6.45, 7) is 5.38. The van der Waals surface area contributed by atoms with Gasteiger partial charge < -0.3 is 15.2 Å². The highest BCUT2D eigenvalue weighted by Gasteiger charge is 2.05. The van der Waals surface area contributed by atoms with Crippen LogP contribution < -0.4 is 10.1 Å². The van der Waals surface area contributed by atoms with E-state index in [1.807, 2.05) is 6.07 Å². The summed E-state index contributed by atoms with van der Waals surface area (Å²) >= 11 is 1.72. The third-order valence-electron chi connectivity index (χ3n) is 2.55. The average Bonchev–Trinajstić information content (AvgIpc) is 2.37. The SMILES string of the molecule is COc1ccc(CNC(C)C)cc1CSCCO. The Morgan fingerprint density at radius 2 is 2.17 bits per heavy atom. The van der Waals surface area contributed by atoms with Crippen LogP contribution in [-0.2, 0) is 12.3 Å². The second kappa shape index (κ2) is 8.40. The average molecular weight is 269 g/mol. The third kappa shape index (κ3) is 5.29. The maximum Gasteiger partial charge on any atom is 0.122 e. The number of ether oxygens (including phenoxy) is 1. The predicted octanol–water partition coefficient (Wildman–Crippen LogP) is 2.42. The summed E-state index contributed by atoms with van der Waals surface area (Å²) < 4.78 is 5.36. The predicted molar refractivity (Wildman–Crippen MR) is 78.2 cm³/mol. The first-order valence-electron chi connectivity index (χ1n) is 6.25. The van der Waals surface area contributed by atoms with Gasteiger partial charge in [-0.25, -0.2) is 0 Å². The van der Waals surface area contributed by atoms with Crippen molar-refractivity contribution < 1.29 is 9.84 Å². The molecular formula is C14H23NO2S. The minimum absolute atomic E-state index is 0.224. The molecule has 0 fully saturated rings. The summed E-state index contributed by atoms with van der Waals surface area (Å²) in [6, 6.07) is 6.78. The maximum atomic E-state index is 8.81. The molecule has 3 nitrogen and oxygen atoms in total. The van der Waals surface area contributed by atoms with Crippen LogP contribution in [0.1, 0.15) is 25.0 Å². The Morgan fingerprint density at radius 1 is 1.39 bits per heavy atom. The van der Waals surface area contributed by atoms with Crippen molar-refractivity contribution >= 4 is 11.8 Å². The van der Waals surface area contributed by atoms with Crippen molar-refractivity contribution in [3.05, 3.63) is 29.3 Å². The van der Waals surface area contributed by atoms with E-state index in [2.05, 4.69) is 31.3 Å². The molecule has 102 valence electrons. The molecule has 0 amide bonds. The molecule has 0 bridgehead atoms. The number of thioether (sulfide) groups is 1. The van der Waals surface area contributed by atoms with Gasteiger partial charge in [0.25, 0.3) is 0 Å². The second-order valence-electron chi connectivity index (χ2n) is 4.46. The van der Waals surface area contributed by atoms with E-state index < -0.39 is 0 Å². The molecule has 1 aromatic carbocycles. The Morgan fingerprint density at radius 3 is 2.78 bits per heavy atom. The van der Waals surface area contributed by atoms with Crippen LogP contribution in [0, 0.1) is 0 Å². The first-order valence-corrected chi connectivity index (χ1v) is 7.40. The molecule has 0 saturated heterocycles. The number of methoxy groups -OCH3 is 1. The fourth-order valence-electron chi connectivity index (χ4n) is 1.62. The summed E-state index contributed by atoms with van der Waals surface area (Å²) in [7, 11) is 1.70. The largest absolute Gasteiger partial charge is 0.496 e. The molecule has 0 aliphatic carbocycles. The zero-order valence-corrected chi connectivity index (χ0v) is 12.2. The van der Waals surface area contributed by atoms with Crippen LogP contribution in [0.25, 0.3) is 0 Å². The fraction of sp³-hybridized carbons (Fsp3) is 0.571. The molecule has 0 aliphatic rings. The molecule has 0 spiro atoms. The first kappa shape index (κ1) is 15.3. The molecular weight excluding hydrogens is 246 g/mol. The third-order valence-corrected chi connectivity index (χ3v) is 3.54. The molecule has 0 heterocycles. The molecule has 0 unspecified atom stereocenters. The Hall–Kier alpha value is -0.710. The van der Waals surface area contributed by atoms with Crippen molar-refractivity contribution in [3.63, 3.8) is 0 Å². The van der Waals surface area contributed by atoms with Gasteiger partial charge in [0.1, 0.15) is 5.75 Å². The Balaban J connectivity index is 2.68. The summed E-state index contributed by atoms with van der Waals surface area (Å²) in [5.74, 6) is 2.56. The van der Waals surface area contributed by atoms with Crippen molar-refractivity contribution in [2.45, 2.75) is 32.2 Å². The van der Waals surface area contributed by atoms with Crippen LogP contribution in [0.4, 0.5) is 0 Å². The quantitative estimate of drug-likeness (QED) is 0.711. The van der Waals surface area contributed by atoms with Crippen molar-refractivity contribution in [2.75, 3.05) is 19.5 Å². The number of benzene rings is 1. The van der Waals surface area contributed by atoms with Crippen molar-refractivity contribution in [1.82, 2.24) is 5.32 Å². The molecule has 1 aromatic rings. The van der Waals surface area contributed by atoms with E-state index in [-0.39, 0.29) is 6.61 Å². The fourth-order valence-corrected chi connectivity index (χ4v) is 2.34. The van der Waals surface area contributed by atoms with Crippen LogP contribution in [0.5, 0.6) is 5.75 Å². The number of rotatable bonds is 8. The Labute approximate surface area is 114 Å². The van der Waals surface area contributed by atoms with Gasteiger partial charge in [-0.2, -0.15) is 11.8 Å². The van der Waals surface area contributed by atoms with Crippen molar-refractivity contribution in [2.24, 2.45) is 0 Å². The number of hydrogen-bond acceptors (Lipinski definition) is 4. The van der Waals surface area contributed by atoms with Gasteiger partial charge in [-0.05, 0) is 17.7 Å². The highest BCUT2D eigenvalue weighted by Crippen LogP contribution is 2.24. The van der Waals surface area contributed by atoms with Crippen molar-refractivity contribution in [1.29, 1.82) is 0 Å². The topological polar surface area (TPSA) is 41.5 Å². The summed E-state index contributed by atoms with van der Waals surface area (Å²) in [5, 5.41) is 12.2. The molecule has 0 radical (unpaired) electrons. The van der Waals surface area contributed by atoms with Gasteiger partial charge in [0.15, 0.2) is 0 Å². The van der Waals surface area contributed by atoms with E-state index in [4.69, 9.17) is 9.84 Å². The van der Waals surface area contributed by atoms with Gasteiger partial charge in [0, 0.05) is 29.7 Å². The minimum Gasteiger partial charge on any atom is -0.496 e. The number of aliphatic hydroxyl groups excluding tert-OH is 1.